The number of carboxylic acid groups (broad SMARTS) is 1. The maximum Gasteiger partial charge on any atom is 0.407 e. The van der Waals surface area contributed by atoms with Gasteiger partial charge in [0.25, 0.3) is 0 Å². The molecule has 0 saturated carbocycles. The largest absolute Gasteiger partial charge is 0.485 e. The van der Waals surface area contributed by atoms with E-state index in [-0.39, 0.29) is 6.10 Å². The highest BCUT2D eigenvalue weighted by Gasteiger charge is 2.17. The first-order valence-electron chi connectivity index (χ1n) is 6.74. The lowest BCUT2D eigenvalue weighted by molar-refractivity contribution is 0.141. The number of carbonyl (C=O) groups is 1. The fourth-order valence-corrected chi connectivity index (χ4v) is 2.70. The zero-order chi connectivity index (χ0) is 15.9. The Hall–Kier alpha value is -2.52. The fraction of sp³-hybridized carbons (Fsp3) is 0.250. The van der Waals surface area contributed by atoms with Crippen molar-refractivity contribution in [2.45, 2.75) is 12.5 Å². The quantitative estimate of drug-likeness (QED) is 0.881. The monoisotopic (exact) mass is 316 g/mol. The third kappa shape index (κ3) is 4.24. The first kappa shape index (κ1) is 15.9. The smallest absolute Gasteiger partial charge is 0.407 e. The van der Waals surface area contributed by atoms with Crippen molar-refractivity contribution in [3.63, 3.8) is 0 Å². The summed E-state index contributed by atoms with van der Waals surface area (Å²) >= 11 is 1.57. The Morgan fingerprint density at radius 1 is 1.41 bits per heavy atom. The molecule has 1 aromatic heterocycles. The highest BCUT2D eigenvalue weighted by Crippen LogP contribution is 2.28. The molecule has 1 aromatic carbocycles. The van der Waals surface area contributed by atoms with Crippen molar-refractivity contribution in [1.82, 2.24) is 4.90 Å². The molecule has 2 rings (SSSR count). The maximum absolute atomic E-state index is 10.9. The van der Waals surface area contributed by atoms with Crippen LogP contribution in [0.1, 0.15) is 23.0 Å². The van der Waals surface area contributed by atoms with Crippen LogP contribution in [0.5, 0.6) is 5.75 Å². The molecule has 0 saturated heterocycles. The molecule has 1 N–H and O–H groups in total. The molecule has 0 bridgehead atoms. The molecule has 0 aliphatic rings. The van der Waals surface area contributed by atoms with E-state index in [0.29, 0.717) is 24.3 Å². The van der Waals surface area contributed by atoms with E-state index < -0.39 is 6.09 Å². The number of amides is 1. The van der Waals surface area contributed by atoms with E-state index in [4.69, 9.17) is 15.1 Å². The summed E-state index contributed by atoms with van der Waals surface area (Å²) in [5.41, 5.74) is 0.575. The molecule has 1 unspecified atom stereocenters. The lowest BCUT2D eigenvalue weighted by Crippen LogP contribution is -2.27. The van der Waals surface area contributed by atoms with Crippen LogP contribution in [0.15, 0.2) is 41.8 Å². The minimum atomic E-state index is -0.955. The molecule has 5 nitrogen and oxygen atoms in total. The van der Waals surface area contributed by atoms with E-state index in [1.807, 2.05) is 17.5 Å². The summed E-state index contributed by atoms with van der Waals surface area (Å²) in [7, 11) is 1.54. The minimum Gasteiger partial charge on any atom is -0.485 e. The summed E-state index contributed by atoms with van der Waals surface area (Å²) < 4.78 is 5.97. The Morgan fingerprint density at radius 2 is 2.14 bits per heavy atom. The first-order valence-corrected chi connectivity index (χ1v) is 7.62. The lowest BCUT2D eigenvalue weighted by Gasteiger charge is -2.21. The van der Waals surface area contributed by atoms with Crippen molar-refractivity contribution in [2.75, 3.05) is 13.6 Å². The molecule has 0 fully saturated rings. The second kappa shape index (κ2) is 7.48. The third-order valence-corrected chi connectivity index (χ3v) is 4.14. The number of hydrogen-bond acceptors (Lipinski definition) is 4. The van der Waals surface area contributed by atoms with E-state index in [1.54, 1.807) is 35.6 Å². The van der Waals surface area contributed by atoms with Gasteiger partial charge < -0.3 is 14.7 Å². The Labute approximate surface area is 133 Å². The molecule has 0 radical (unpaired) electrons. The zero-order valence-corrected chi connectivity index (χ0v) is 12.9. The fourth-order valence-electron chi connectivity index (χ4n) is 1.91. The number of nitrogens with zero attached hydrogens (tertiary/aromatic N) is 2. The van der Waals surface area contributed by atoms with E-state index in [9.17, 15) is 4.79 Å². The van der Waals surface area contributed by atoms with Crippen molar-refractivity contribution < 1.29 is 14.6 Å². The second-order valence-corrected chi connectivity index (χ2v) is 5.73. The van der Waals surface area contributed by atoms with Crippen molar-refractivity contribution in [3.05, 3.63) is 52.2 Å². The van der Waals surface area contributed by atoms with Gasteiger partial charge in [-0.1, -0.05) is 6.07 Å². The third-order valence-electron chi connectivity index (χ3n) is 3.18. The van der Waals surface area contributed by atoms with E-state index in [2.05, 4.69) is 6.07 Å². The van der Waals surface area contributed by atoms with Crippen molar-refractivity contribution >= 4 is 17.4 Å². The van der Waals surface area contributed by atoms with Crippen LogP contribution in [0.2, 0.25) is 0 Å². The van der Waals surface area contributed by atoms with E-state index in [0.717, 1.165) is 4.88 Å². The Morgan fingerprint density at radius 3 is 2.68 bits per heavy atom. The molecule has 1 atom stereocenters. The summed E-state index contributed by atoms with van der Waals surface area (Å²) in [5, 5.41) is 19.7. The van der Waals surface area contributed by atoms with Gasteiger partial charge in [0.05, 0.1) is 11.6 Å². The van der Waals surface area contributed by atoms with Crippen LogP contribution in [0.25, 0.3) is 0 Å². The highest BCUT2D eigenvalue weighted by molar-refractivity contribution is 7.10. The van der Waals surface area contributed by atoms with Crippen molar-refractivity contribution in [2.24, 2.45) is 0 Å². The first-order chi connectivity index (χ1) is 10.6. The maximum atomic E-state index is 10.9. The molecule has 0 aliphatic carbocycles. The average Bonchev–Trinajstić information content (AvgIpc) is 3.05. The number of hydrogen-bond donors (Lipinski definition) is 1. The standard InChI is InChI=1S/C16H16N2O3S/c1-18(16(19)20)9-8-14(15-3-2-10-22-15)21-13-6-4-12(11-17)5-7-13/h2-7,10,14H,8-9H2,1H3,(H,19,20). The van der Waals surface area contributed by atoms with Gasteiger partial charge in [-0.05, 0) is 35.7 Å². The molecule has 2 aromatic rings. The van der Waals surface area contributed by atoms with Gasteiger partial charge in [0, 0.05) is 24.9 Å². The van der Waals surface area contributed by atoms with E-state index >= 15 is 0 Å². The SMILES string of the molecule is CN(CCC(Oc1ccc(C#N)cc1)c1cccs1)C(=O)O. The van der Waals surface area contributed by atoms with Gasteiger partial charge in [-0.15, -0.1) is 11.3 Å². The molecule has 0 spiro atoms. The van der Waals surface area contributed by atoms with Gasteiger partial charge in [0.1, 0.15) is 11.9 Å². The topological polar surface area (TPSA) is 73.6 Å². The highest BCUT2D eigenvalue weighted by atomic mass is 32.1. The summed E-state index contributed by atoms with van der Waals surface area (Å²) in [6.07, 6.45) is -0.610. The van der Waals surface area contributed by atoms with Gasteiger partial charge in [0.15, 0.2) is 0 Å². The lowest BCUT2D eigenvalue weighted by atomic mass is 10.2. The molecular formula is C16H16N2O3S. The minimum absolute atomic E-state index is 0.213. The number of nitriles is 1. The van der Waals surface area contributed by atoms with Gasteiger partial charge in [-0.25, -0.2) is 4.79 Å². The number of benzene rings is 1. The molecular weight excluding hydrogens is 300 g/mol. The Balaban J connectivity index is 2.07. The van der Waals surface area contributed by atoms with Gasteiger partial charge in [-0.3, -0.25) is 0 Å². The second-order valence-electron chi connectivity index (χ2n) is 4.75. The van der Waals surface area contributed by atoms with Crippen LogP contribution < -0.4 is 4.74 Å². The summed E-state index contributed by atoms with van der Waals surface area (Å²) in [6.45, 7) is 0.383. The van der Waals surface area contributed by atoms with Gasteiger partial charge >= 0.3 is 6.09 Å². The van der Waals surface area contributed by atoms with E-state index in [1.165, 1.54) is 11.9 Å². The van der Waals surface area contributed by atoms with Crippen LogP contribution >= 0.6 is 11.3 Å². The molecule has 1 amide bonds. The average molecular weight is 316 g/mol. The zero-order valence-electron chi connectivity index (χ0n) is 12.1. The van der Waals surface area contributed by atoms with Crippen LogP contribution in [0.3, 0.4) is 0 Å². The molecule has 22 heavy (non-hydrogen) atoms. The summed E-state index contributed by atoms with van der Waals surface area (Å²) in [6, 6.07) is 12.9. The predicted octanol–water partition coefficient (Wildman–Crippen LogP) is 3.74. The Bertz CT molecular complexity index is 647. The van der Waals surface area contributed by atoms with Gasteiger partial charge in [-0.2, -0.15) is 5.26 Å². The van der Waals surface area contributed by atoms with Crippen LogP contribution in [0.4, 0.5) is 4.79 Å². The number of rotatable bonds is 6. The number of thiophene rings is 1. The molecule has 0 aliphatic heterocycles. The summed E-state index contributed by atoms with van der Waals surface area (Å²) in [4.78, 5) is 13.2. The van der Waals surface area contributed by atoms with Crippen LogP contribution in [-0.2, 0) is 0 Å². The predicted molar refractivity (Wildman–Crippen MR) is 84.1 cm³/mol. The Kier molecular flexibility index (Phi) is 5.39. The summed E-state index contributed by atoms with van der Waals surface area (Å²) in [5.74, 6) is 0.662. The molecule has 1 heterocycles. The van der Waals surface area contributed by atoms with Gasteiger partial charge in [0.2, 0.25) is 0 Å². The molecule has 114 valence electrons. The normalized spacial score (nSPS) is 11.5. The number of ether oxygens (including phenoxy) is 1. The van der Waals surface area contributed by atoms with Crippen LogP contribution in [-0.4, -0.2) is 29.7 Å². The van der Waals surface area contributed by atoms with Crippen LogP contribution in [0, 0.1) is 11.3 Å². The van der Waals surface area contributed by atoms with Crippen molar-refractivity contribution in [1.29, 1.82) is 5.26 Å². The van der Waals surface area contributed by atoms with Crippen molar-refractivity contribution in [3.8, 4) is 11.8 Å². The molecule has 6 heteroatoms.